The van der Waals surface area contributed by atoms with E-state index in [9.17, 15) is 9.90 Å². The van der Waals surface area contributed by atoms with Crippen molar-refractivity contribution in [1.29, 1.82) is 0 Å². The van der Waals surface area contributed by atoms with Crippen molar-refractivity contribution >= 4 is 11.9 Å². The molecule has 2 N–H and O–H groups in total. The van der Waals surface area contributed by atoms with Gasteiger partial charge < -0.3 is 15.3 Å². The third-order valence-electron chi connectivity index (χ3n) is 4.48. The minimum atomic E-state index is -0.964. The minimum absolute atomic E-state index is 0.0867. The molecule has 3 rings (SSSR count). The molecular formula is C17H24N6O2. The molecule has 8 heteroatoms. The summed E-state index contributed by atoms with van der Waals surface area (Å²) in [4.78, 5) is 22.5. The van der Waals surface area contributed by atoms with Gasteiger partial charge in [0.2, 0.25) is 11.9 Å². The van der Waals surface area contributed by atoms with E-state index in [4.69, 9.17) is 0 Å². The number of carbonyl (C=O) groups is 1. The molecule has 3 heterocycles. The Morgan fingerprint density at radius 1 is 1.36 bits per heavy atom. The SMILES string of the molecule is Cc1ccnn1CCC(=O)NCC1(O)CCCN(c2ncccn2)C1. The maximum absolute atomic E-state index is 12.1. The maximum atomic E-state index is 12.1. The molecule has 0 saturated carbocycles. The summed E-state index contributed by atoms with van der Waals surface area (Å²) in [7, 11) is 0. The number of aromatic nitrogens is 4. The molecular weight excluding hydrogens is 320 g/mol. The Morgan fingerprint density at radius 2 is 2.16 bits per heavy atom. The molecule has 25 heavy (non-hydrogen) atoms. The van der Waals surface area contributed by atoms with Crippen LogP contribution < -0.4 is 10.2 Å². The van der Waals surface area contributed by atoms with Crippen molar-refractivity contribution in [2.24, 2.45) is 0 Å². The zero-order valence-electron chi connectivity index (χ0n) is 14.4. The Hall–Kier alpha value is -2.48. The normalized spacial score (nSPS) is 20.5. The van der Waals surface area contributed by atoms with Gasteiger partial charge in [0.25, 0.3) is 0 Å². The van der Waals surface area contributed by atoms with Crippen LogP contribution in [-0.4, -0.2) is 56.0 Å². The third kappa shape index (κ3) is 4.54. The number of piperidine rings is 1. The van der Waals surface area contributed by atoms with Crippen LogP contribution in [0.3, 0.4) is 0 Å². The number of rotatable bonds is 6. The number of aliphatic hydroxyl groups is 1. The number of aryl methyl sites for hydroxylation is 2. The summed E-state index contributed by atoms with van der Waals surface area (Å²) in [5.41, 5.74) is 0.0616. The average Bonchev–Trinajstić information content (AvgIpc) is 3.04. The summed E-state index contributed by atoms with van der Waals surface area (Å²) in [6.45, 7) is 3.94. The van der Waals surface area contributed by atoms with Crippen molar-refractivity contribution in [2.45, 2.75) is 38.3 Å². The highest BCUT2D eigenvalue weighted by atomic mass is 16.3. The fourth-order valence-corrected chi connectivity index (χ4v) is 3.07. The standard InChI is InChI=1S/C17H24N6O2/c1-14-4-9-21-23(14)11-5-15(24)20-12-17(25)6-2-10-22(13-17)16-18-7-3-8-19-16/h3-4,7-9,25H,2,5-6,10-13H2,1H3,(H,20,24). The number of hydrogen-bond acceptors (Lipinski definition) is 6. The molecule has 1 fully saturated rings. The first-order chi connectivity index (χ1) is 12.1. The smallest absolute Gasteiger partial charge is 0.225 e. The molecule has 8 nitrogen and oxygen atoms in total. The summed E-state index contributed by atoms with van der Waals surface area (Å²) >= 11 is 0. The fraction of sp³-hybridized carbons (Fsp3) is 0.529. The molecule has 134 valence electrons. The van der Waals surface area contributed by atoms with Gasteiger partial charge in [-0.1, -0.05) is 0 Å². The average molecular weight is 344 g/mol. The number of anilines is 1. The molecule has 1 unspecified atom stereocenters. The zero-order valence-corrected chi connectivity index (χ0v) is 14.4. The van der Waals surface area contributed by atoms with Crippen molar-refractivity contribution in [3.8, 4) is 0 Å². The topological polar surface area (TPSA) is 96.2 Å². The van der Waals surface area contributed by atoms with Crippen LogP contribution in [0.25, 0.3) is 0 Å². The Bertz CT molecular complexity index is 704. The van der Waals surface area contributed by atoms with Crippen LogP contribution in [0.2, 0.25) is 0 Å². The molecule has 0 aliphatic carbocycles. The van der Waals surface area contributed by atoms with Crippen LogP contribution in [-0.2, 0) is 11.3 Å². The Kier molecular flexibility index (Phi) is 5.28. The Labute approximate surface area is 146 Å². The first-order valence-electron chi connectivity index (χ1n) is 8.55. The van der Waals surface area contributed by atoms with Crippen LogP contribution in [0.5, 0.6) is 0 Å². The van der Waals surface area contributed by atoms with Crippen molar-refractivity contribution in [3.05, 3.63) is 36.4 Å². The van der Waals surface area contributed by atoms with E-state index in [2.05, 4.69) is 20.4 Å². The van der Waals surface area contributed by atoms with Gasteiger partial charge in [0.15, 0.2) is 0 Å². The van der Waals surface area contributed by atoms with E-state index in [0.717, 1.165) is 18.7 Å². The lowest BCUT2D eigenvalue weighted by Gasteiger charge is -2.39. The van der Waals surface area contributed by atoms with Gasteiger partial charge in [-0.25, -0.2) is 9.97 Å². The second-order valence-electron chi connectivity index (χ2n) is 6.52. The number of β-amino-alcohol motifs (C(OH)–C–C–N with tert-alkyl or cyclic N) is 1. The van der Waals surface area contributed by atoms with Crippen LogP contribution in [0.4, 0.5) is 5.95 Å². The second-order valence-corrected chi connectivity index (χ2v) is 6.52. The van der Waals surface area contributed by atoms with Gasteiger partial charge in [0, 0.05) is 50.3 Å². The molecule has 0 radical (unpaired) electrons. The van der Waals surface area contributed by atoms with Crippen LogP contribution >= 0.6 is 0 Å². The van der Waals surface area contributed by atoms with E-state index in [-0.39, 0.29) is 12.5 Å². The predicted molar refractivity (Wildman–Crippen MR) is 93.0 cm³/mol. The van der Waals surface area contributed by atoms with Crippen molar-refractivity contribution < 1.29 is 9.90 Å². The Morgan fingerprint density at radius 3 is 2.88 bits per heavy atom. The molecule has 1 aliphatic heterocycles. The summed E-state index contributed by atoms with van der Waals surface area (Å²) in [6, 6.07) is 3.67. The summed E-state index contributed by atoms with van der Waals surface area (Å²) in [5.74, 6) is 0.525. The van der Waals surface area contributed by atoms with E-state index in [0.29, 0.717) is 31.9 Å². The van der Waals surface area contributed by atoms with Crippen LogP contribution in [0.15, 0.2) is 30.7 Å². The molecule has 0 aromatic carbocycles. The monoisotopic (exact) mass is 344 g/mol. The lowest BCUT2D eigenvalue weighted by atomic mass is 9.93. The predicted octanol–water partition coefficient (Wildman–Crippen LogP) is 0.519. The van der Waals surface area contributed by atoms with Crippen molar-refractivity contribution in [3.63, 3.8) is 0 Å². The molecule has 1 aliphatic rings. The minimum Gasteiger partial charge on any atom is -0.386 e. The van der Waals surface area contributed by atoms with Gasteiger partial charge in [-0.15, -0.1) is 0 Å². The van der Waals surface area contributed by atoms with E-state index < -0.39 is 5.60 Å². The van der Waals surface area contributed by atoms with Crippen LogP contribution in [0, 0.1) is 6.92 Å². The van der Waals surface area contributed by atoms with E-state index >= 15 is 0 Å². The lowest BCUT2D eigenvalue weighted by Crippen LogP contribution is -2.54. The quantitative estimate of drug-likeness (QED) is 0.793. The lowest BCUT2D eigenvalue weighted by molar-refractivity contribution is -0.122. The molecule has 2 aromatic heterocycles. The van der Waals surface area contributed by atoms with E-state index in [1.54, 1.807) is 29.3 Å². The molecule has 2 aromatic rings. The molecule has 0 bridgehead atoms. The fourth-order valence-electron chi connectivity index (χ4n) is 3.07. The van der Waals surface area contributed by atoms with Crippen LogP contribution in [0.1, 0.15) is 25.0 Å². The third-order valence-corrected chi connectivity index (χ3v) is 4.48. The number of nitrogens with zero attached hydrogens (tertiary/aromatic N) is 5. The van der Waals surface area contributed by atoms with E-state index in [1.807, 2.05) is 17.9 Å². The summed E-state index contributed by atoms with van der Waals surface area (Å²) < 4.78 is 1.80. The zero-order chi connectivity index (χ0) is 17.7. The van der Waals surface area contributed by atoms with Crippen molar-refractivity contribution in [1.82, 2.24) is 25.1 Å². The van der Waals surface area contributed by atoms with E-state index in [1.165, 1.54) is 0 Å². The number of carbonyl (C=O) groups excluding carboxylic acids is 1. The van der Waals surface area contributed by atoms with Gasteiger partial charge in [0.05, 0.1) is 12.1 Å². The highest BCUT2D eigenvalue weighted by molar-refractivity contribution is 5.75. The number of hydrogen-bond donors (Lipinski definition) is 2. The summed E-state index contributed by atoms with van der Waals surface area (Å²) in [5, 5.41) is 17.8. The number of amides is 1. The van der Waals surface area contributed by atoms with Gasteiger partial charge >= 0.3 is 0 Å². The first kappa shape index (κ1) is 17.3. The molecule has 1 atom stereocenters. The largest absolute Gasteiger partial charge is 0.386 e. The highest BCUT2D eigenvalue weighted by Crippen LogP contribution is 2.23. The summed E-state index contributed by atoms with van der Waals surface area (Å²) in [6.07, 6.45) is 6.92. The Balaban J connectivity index is 1.49. The van der Waals surface area contributed by atoms with Gasteiger partial charge in [0.1, 0.15) is 0 Å². The maximum Gasteiger partial charge on any atom is 0.225 e. The van der Waals surface area contributed by atoms with Gasteiger partial charge in [-0.05, 0) is 31.9 Å². The molecule has 1 amide bonds. The van der Waals surface area contributed by atoms with Crippen molar-refractivity contribution in [2.75, 3.05) is 24.5 Å². The number of nitrogens with one attached hydrogen (secondary N) is 1. The highest BCUT2D eigenvalue weighted by Gasteiger charge is 2.34. The second kappa shape index (κ2) is 7.60. The molecule has 1 saturated heterocycles. The van der Waals surface area contributed by atoms with Gasteiger partial charge in [-0.2, -0.15) is 5.10 Å². The molecule has 0 spiro atoms. The first-order valence-corrected chi connectivity index (χ1v) is 8.55. The van der Waals surface area contributed by atoms with Gasteiger partial charge in [-0.3, -0.25) is 9.48 Å².